The van der Waals surface area contributed by atoms with Crippen LogP contribution >= 0.6 is 0 Å². The van der Waals surface area contributed by atoms with Crippen molar-refractivity contribution in [2.45, 2.75) is 18.6 Å². The zero-order chi connectivity index (χ0) is 14.1. The van der Waals surface area contributed by atoms with Crippen molar-refractivity contribution in [3.63, 3.8) is 0 Å². The molecule has 0 fully saturated rings. The van der Waals surface area contributed by atoms with E-state index in [9.17, 15) is 14.3 Å². The first-order valence-corrected chi connectivity index (χ1v) is 6.48. The normalized spacial score (nSPS) is 20.5. The third kappa shape index (κ3) is 2.18. The van der Waals surface area contributed by atoms with Gasteiger partial charge in [-0.05, 0) is 23.3 Å². The number of amides is 1. The van der Waals surface area contributed by atoms with E-state index < -0.39 is 23.9 Å². The largest absolute Gasteiger partial charge is 0.390 e. The average Bonchev–Trinajstić information content (AvgIpc) is 2.76. The molecule has 0 heterocycles. The van der Waals surface area contributed by atoms with Crippen molar-refractivity contribution in [3.8, 4) is 0 Å². The second-order valence-corrected chi connectivity index (χ2v) is 4.90. The van der Waals surface area contributed by atoms with Gasteiger partial charge in [0.1, 0.15) is 5.82 Å². The van der Waals surface area contributed by atoms with E-state index in [1.54, 1.807) is 6.07 Å². The SMILES string of the molecule is O=C(NC1c2ccccc2CC1O)c1ccccc1F. The van der Waals surface area contributed by atoms with E-state index in [4.69, 9.17) is 0 Å². The van der Waals surface area contributed by atoms with E-state index in [0.717, 1.165) is 11.1 Å². The number of hydrogen-bond acceptors (Lipinski definition) is 2. The van der Waals surface area contributed by atoms with E-state index in [0.29, 0.717) is 6.42 Å². The van der Waals surface area contributed by atoms with Gasteiger partial charge in [-0.1, -0.05) is 36.4 Å². The van der Waals surface area contributed by atoms with Crippen molar-refractivity contribution in [1.82, 2.24) is 5.32 Å². The molecule has 0 spiro atoms. The summed E-state index contributed by atoms with van der Waals surface area (Å²) in [4.78, 5) is 12.1. The highest BCUT2D eigenvalue weighted by Gasteiger charge is 2.32. The lowest BCUT2D eigenvalue weighted by Crippen LogP contribution is -2.34. The molecule has 1 aliphatic rings. The van der Waals surface area contributed by atoms with Gasteiger partial charge in [-0.25, -0.2) is 4.39 Å². The van der Waals surface area contributed by atoms with Crippen molar-refractivity contribution >= 4 is 5.91 Å². The van der Waals surface area contributed by atoms with Crippen LogP contribution in [0, 0.1) is 5.82 Å². The zero-order valence-corrected chi connectivity index (χ0v) is 10.7. The van der Waals surface area contributed by atoms with Gasteiger partial charge in [-0.2, -0.15) is 0 Å². The summed E-state index contributed by atoms with van der Waals surface area (Å²) in [5, 5.41) is 12.8. The molecule has 3 nitrogen and oxygen atoms in total. The number of fused-ring (bicyclic) bond motifs is 1. The van der Waals surface area contributed by atoms with Crippen molar-refractivity contribution in [2.75, 3.05) is 0 Å². The Kier molecular flexibility index (Phi) is 3.24. The molecule has 2 aromatic carbocycles. The van der Waals surface area contributed by atoms with Crippen LogP contribution in [0.3, 0.4) is 0 Å². The fourth-order valence-electron chi connectivity index (χ4n) is 2.61. The van der Waals surface area contributed by atoms with Gasteiger partial charge in [-0.3, -0.25) is 4.79 Å². The first kappa shape index (κ1) is 12.8. The Balaban J connectivity index is 1.85. The summed E-state index contributed by atoms with van der Waals surface area (Å²) in [7, 11) is 0. The molecule has 0 aliphatic heterocycles. The minimum absolute atomic E-state index is 0.0101. The van der Waals surface area contributed by atoms with E-state index in [2.05, 4.69) is 5.32 Å². The fourth-order valence-corrected chi connectivity index (χ4v) is 2.61. The number of carbonyl (C=O) groups is 1. The summed E-state index contributed by atoms with van der Waals surface area (Å²) >= 11 is 0. The lowest BCUT2D eigenvalue weighted by Gasteiger charge is -2.18. The molecule has 0 saturated heterocycles. The Morgan fingerprint density at radius 1 is 1.15 bits per heavy atom. The van der Waals surface area contributed by atoms with Crippen LogP contribution in [-0.2, 0) is 6.42 Å². The number of aliphatic hydroxyl groups is 1. The van der Waals surface area contributed by atoms with Crippen LogP contribution in [0.5, 0.6) is 0 Å². The minimum atomic E-state index is -0.678. The molecule has 2 aromatic rings. The molecule has 1 aliphatic carbocycles. The molecule has 2 atom stereocenters. The molecule has 0 aromatic heterocycles. The van der Waals surface area contributed by atoms with Crippen molar-refractivity contribution in [1.29, 1.82) is 0 Å². The number of halogens is 1. The highest BCUT2D eigenvalue weighted by molar-refractivity contribution is 5.94. The Morgan fingerprint density at radius 3 is 2.65 bits per heavy atom. The van der Waals surface area contributed by atoms with Crippen LogP contribution in [0.15, 0.2) is 48.5 Å². The third-order valence-electron chi connectivity index (χ3n) is 3.61. The third-order valence-corrected chi connectivity index (χ3v) is 3.61. The predicted octanol–water partition coefficient (Wildman–Crippen LogP) is 2.21. The first-order valence-electron chi connectivity index (χ1n) is 6.48. The van der Waals surface area contributed by atoms with Crippen molar-refractivity contribution in [3.05, 3.63) is 71.0 Å². The molecule has 20 heavy (non-hydrogen) atoms. The van der Waals surface area contributed by atoms with E-state index in [-0.39, 0.29) is 5.56 Å². The number of benzene rings is 2. The fraction of sp³-hybridized carbons (Fsp3) is 0.188. The Hall–Kier alpha value is -2.20. The maximum Gasteiger partial charge on any atom is 0.254 e. The molecule has 3 rings (SSSR count). The Bertz CT molecular complexity index is 656. The second-order valence-electron chi connectivity index (χ2n) is 4.90. The van der Waals surface area contributed by atoms with Crippen molar-refractivity contribution < 1.29 is 14.3 Å². The number of aliphatic hydroxyl groups excluding tert-OH is 1. The summed E-state index contributed by atoms with van der Waals surface area (Å²) in [5.41, 5.74) is 1.90. The van der Waals surface area contributed by atoms with Gasteiger partial charge in [-0.15, -0.1) is 0 Å². The quantitative estimate of drug-likeness (QED) is 0.880. The lowest BCUT2D eigenvalue weighted by atomic mass is 10.1. The average molecular weight is 271 g/mol. The molecular weight excluding hydrogens is 257 g/mol. The van der Waals surface area contributed by atoms with Gasteiger partial charge in [0.2, 0.25) is 0 Å². The van der Waals surface area contributed by atoms with Crippen LogP contribution in [0.25, 0.3) is 0 Å². The highest BCUT2D eigenvalue weighted by Crippen LogP contribution is 2.31. The topological polar surface area (TPSA) is 49.3 Å². The molecule has 0 saturated carbocycles. The summed E-state index contributed by atoms with van der Waals surface area (Å²) in [6.07, 6.45) is -0.179. The molecule has 2 N–H and O–H groups in total. The predicted molar refractivity (Wildman–Crippen MR) is 72.8 cm³/mol. The van der Waals surface area contributed by atoms with Gasteiger partial charge in [0.25, 0.3) is 5.91 Å². The smallest absolute Gasteiger partial charge is 0.254 e. The van der Waals surface area contributed by atoms with Crippen LogP contribution < -0.4 is 5.32 Å². The Labute approximate surface area is 116 Å². The molecule has 2 unspecified atom stereocenters. The van der Waals surface area contributed by atoms with Crippen LogP contribution in [0.1, 0.15) is 27.5 Å². The van der Waals surface area contributed by atoms with Crippen LogP contribution in [-0.4, -0.2) is 17.1 Å². The number of carbonyl (C=O) groups excluding carboxylic acids is 1. The summed E-state index contributed by atoms with van der Waals surface area (Å²) in [5.74, 6) is -1.07. The van der Waals surface area contributed by atoms with Gasteiger partial charge >= 0.3 is 0 Å². The second kappa shape index (κ2) is 5.06. The van der Waals surface area contributed by atoms with E-state index in [1.807, 2.05) is 24.3 Å². The highest BCUT2D eigenvalue weighted by atomic mass is 19.1. The molecule has 0 radical (unpaired) electrons. The van der Waals surface area contributed by atoms with E-state index >= 15 is 0 Å². The number of hydrogen-bond donors (Lipinski definition) is 2. The lowest BCUT2D eigenvalue weighted by molar-refractivity contribution is 0.0854. The monoisotopic (exact) mass is 271 g/mol. The Morgan fingerprint density at radius 2 is 1.85 bits per heavy atom. The maximum absolute atomic E-state index is 13.6. The van der Waals surface area contributed by atoms with Gasteiger partial charge < -0.3 is 10.4 Å². The summed E-state index contributed by atoms with van der Waals surface area (Å²) < 4.78 is 13.6. The minimum Gasteiger partial charge on any atom is -0.390 e. The van der Waals surface area contributed by atoms with Gasteiger partial charge in [0.05, 0.1) is 17.7 Å². The van der Waals surface area contributed by atoms with E-state index in [1.165, 1.54) is 18.2 Å². The molecule has 4 heteroatoms. The van der Waals surface area contributed by atoms with Crippen molar-refractivity contribution in [2.24, 2.45) is 0 Å². The summed E-state index contributed by atoms with van der Waals surface area (Å²) in [6.45, 7) is 0. The number of nitrogens with one attached hydrogen (secondary N) is 1. The zero-order valence-electron chi connectivity index (χ0n) is 10.7. The standard InChI is InChI=1S/C16H14FNO2/c17-13-8-4-3-7-12(13)16(20)18-15-11-6-2-1-5-10(11)9-14(15)19/h1-8,14-15,19H,9H2,(H,18,20). The van der Waals surface area contributed by atoms with Gasteiger partial charge in [0.15, 0.2) is 0 Å². The maximum atomic E-state index is 13.6. The number of rotatable bonds is 2. The molecule has 0 bridgehead atoms. The first-order chi connectivity index (χ1) is 9.66. The van der Waals surface area contributed by atoms with Gasteiger partial charge in [0, 0.05) is 6.42 Å². The van der Waals surface area contributed by atoms with Crippen LogP contribution in [0.4, 0.5) is 4.39 Å². The molecule has 102 valence electrons. The molecular formula is C16H14FNO2. The van der Waals surface area contributed by atoms with Crippen LogP contribution in [0.2, 0.25) is 0 Å². The summed E-state index contributed by atoms with van der Waals surface area (Å²) in [6, 6.07) is 12.9. The molecule has 1 amide bonds.